The summed E-state index contributed by atoms with van der Waals surface area (Å²) in [5.41, 5.74) is 1.38. The molecule has 1 aromatic carbocycles. The zero-order valence-corrected chi connectivity index (χ0v) is 12.1. The minimum Gasteiger partial charge on any atom is -0.389 e. The molecular weight excluding hydrogens is 270 g/mol. The van der Waals surface area contributed by atoms with Crippen molar-refractivity contribution in [3.63, 3.8) is 0 Å². The summed E-state index contributed by atoms with van der Waals surface area (Å²) in [4.78, 5) is 11.8. The average Bonchev–Trinajstić information content (AvgIpc) is 2.93. The second-order valence-corrected chi connectivity index (χ2v) is 4.64. The number of nitrogens with one attached hydrogen (secondary N) is 2. The van der Waals surface area contributed by atoms with E-state index in [4.69, 9.17) is 0 Å². The number of benzene rings is 1. The monoisotopic (exact) mass is 289 g/mol. The smallest absolute Gasteiger partial charge is 0.319 e. The van der Waals surface area contributed by atoms with Crippen LogP contribution in [0.5, 0.6) is 0 Å². The molecule has 0 fully saturated rings. The van der Waals surface area contributed by atoms with Gasteiger partial charge in [0.25, 0.3) is 0 Å². The van der Waals surface area contributed by atoms with Crippen molar-refractivity contribution >= 4 is 11.7 Å². The van der Waals surface area contributed by atoms with Crippen LogP contribution in [0.3, 0.4) is 0 Å². The van der Waals surface area contributed by atoms with Crippen LogP contribution in [0.25, 0.3) is 0 Å². The highest BCUT2D eigenvalue weighted by molar-refractivity contribution is 5.89. The first-order valence-electron chi connectivity index (χ1n) is 6.79. The van der Waals surface area contributed by atoms with Crippen molar-refractivity contribution in [3.8, 4) is 0 Å². The lowest BCUT2D eigenvalue weighted by Crippen LogP contribution is -2.29. The molecule has 0 spiro atoms. The fraction of sp³-hybridized carbons (Fsp3) is 0.357. The fourth-order valence-corrected chi connectivity index (χ4v) is 1.89. The average molecular weight is 289 g/mol. The van der Waals surface area contributed by atoms with Gasteiger partial charge in [-0.2, -0.15) is 0 Å². The quantitative estimate of drug-likeness (QED) is 0.780. The molecule has 1 unspecified atom stereocenters. The van der Waals surface area contributed by atoms with E-state index in [9.17, 15) is 9.90 Å². The van der Waals surface area contributed by atoms with Gasteiger partial charge in [0.15, 0.2) is 5.82 Å². The van der Waals surface area contributed by atoms with E-state index in [2.05, 4.69) is 20.8 Å². The van der Waals surface area contributed by atoms with Gasteiger partial charge in [0, 0.05) is 12.2 Å². The predicted octanol–water partition coefficient (Wildman–Crippen LogP) is 1.67. The second-order valence-electron chi connectivity index (χ2n) is 4.64. The number of urea groups is 1. The van der Waals surface area contributed by atoms with E-state index in [1.54, 1.807) is 37.5 Å². The number of aryl methyl sites for hydroxylation is 1. The van der Waals surface area contributed by atoms with Gasteiger partial charge in [0.2, 0.25) is 0 Å². The van der Waals surface area contributed by atoms with Gasteiger partial charge in [-0.25, -0.2) is 4.79 Å². The van der Waals surface area contributed by atoms with E-state index in [1.165, 1.54) is 0 Å². The summed E-state index contributed by atoms with van der Waals surface area (Å²) >= 11 is 0. The lowest BCUT2D eigenvalue weighted by atomic mass is 10.1. The van der Waals surface area contributed by atoms with Crippen LogP contribution in [0.15, 0.2) is 30.6 Å². The largest absolute Gasteiger partial charge is 0.389 e. The van der Waals surface area contributed by atoms with Crippen LogP contribution in [0.4, 0.5) is 10.5 Å². The molecule has 0 aliphatic heterocycles. The third-order valence-electron chi connectivity index (χ3n) is 3.07. The van der Waals surface area contributed by atoms with Crippen molar-refractivity contribution < 1.29 is 9.90 Å². The number of carbonyl (C=O) groups excluding carboxylic acids is 1. The Labute approximate surface area is 123 Å². The molecule has 0 bridgehead atoms. The van der Waals surface area contributed by atoms with Crippen LogP contribution >= 0.6 is 0 Å². The van der Waals surface area contributed by atoms with Crippen LogP contribution in [-0.2, 0) is 13.1 Å². The number of nitrogens with zero attached hydrogens (tertiary/aromatic N) is 3. The Morgan fingerprint density at radius 2 is 2.29 bits per heavy atom. The zero-order valence-electron chi connectivity index (χ0n) is 12.1. The molecule has 0 aliphatic carbocycles. The van der Waals surface area contributed by atoms with Crippen molar-refractivity contribution in [2.75, 3.05) is 5.32 Å². The van der Waals surface area contributed by atoms with Gasteiger partial charge < -0.3 is 20.3 Å². The van der Waals surface area contributed by atoms with Crippen LogP contribution in [0.2, 0.25) is 0 Å². The van der Waals surface area contributed by atoms with E-state index in [0.29, 0.717) is 18.1 Å². The first kappa shape index (κ1) is 15.0. The highest BCUT2D eigenvalue weighted by Gasteiger charge is 2.07. The summed E-state index contributed by atoms with van der Waals surface area (Å²) in [6.45, 7) is 4.71. The van der Waals surface area contributed by atoms with Gasteiger partial charge in [-0.1, -0.05) is 12.1 Å². The highest BCUT2D eigenvalue weighted by Crippen LogP contribution is 2.16. The van der Waals surface area contributed by atoms with Crippen molar-refractivity contribution in [1.82, 2.24) is 20.1 Å². The molecule has 1 aromatic heterocycles. The molecule has 0 aliphatic rings. The van der Waals surface area contributed by atoms with Gasteiger partial charge in [0.05, 0.1) is 12.6 Å². The Morgan fingerprint density at radius 3 is 3.00 bits per heavy atom. The minimum absolute atomic E-state index is 0.301. The second kappa shape index (κ2) is 6.85. The van der Waals surface area contributed by atoms with Gasteiger partial charge in [-0.05, 0) is 31.5 Å². The Bertz CT molecular complexity index is 609. The van der Waals surface area contributed by atoms with Gasteiger partial charge in [-0.3, -0.25) is 0 Å². The highest BCUT2D eigenvalue weighted by atomic mass is 16.3. The molecule has 2 amide bonds. The number of anilines is 1. The van der Waals surface area contributed by atoms with E-state index in [1.807, 2.05) is 11.5 Å². The normalized spacial score (nSPS) is 12.0. The lowest BCUT2D eigenvalue weighted by molar-refractivity contribution is 0.199. The number of aromatic nitrogens is 3. The molecule has 0 saturated heterocycles. The third-order valence-corrected chi connectivity index (χ3v) is 3.07. The number of rotatable bonds is 5. The number of amides is 2. The number of aliphatic hydroxyl groups is 1. The number of carbonyl (C=O) groups is 1. The Kier molecular flexibility index (Phi) is 4.89. The van der Waals surface area contributed by atoms with E-state index in [0.717, 1.165) is 12.1 Å². The van der Waals surface area contributed by atoms with Crippen LogP contribution in [0, 0.1) is 0 Å². The summed E-state index contributed by atoms with van der Waals surface area (Å²) in [6, 6.07) is 6.75. The minimum atomic E-state index is -0.571. The molecule has 3 N–H and O–H groups in total. The maximum absolute atomic E-state index is 11.8. The Morgan fingerprint density at radius 1 is 1.48 bits per heavy atom. The lowest BCUT2D eigenvalue weighted by Gasteiger charge is -2.10. The topological polar surface area (TPSA) is 92.1 Å². The molecule has 0 radical (unpaired) electrons. The maximum atomic E-state index is 11.8. The summed E-state index contributed by atoms with van der Waals surface area (Å²) < 4.78 is 1.86. The number of aliphatic hydroxyl groups excluding tert-OH is 1. The molecule has 2 rings (SSSR count). The molecule has 7 heteroatoms. The number of hydrogen-bond donors (Lipinski definition) is 3. The SMILES string of the molecule is CCn1cnnc1CNC(=O)Nc1cccc(C(C)O)c1. The van der Waals surface area contributed by atoms with E-state index in [-0.39, 0.29) is 6.03 Å². The molecule has 1 atom stereocenters. The molecular formula is C14H19N5O2. The zero-order chi connectivity index (χ0) is 15.2. The van der Waals surface area contributed by atoms with Gasteiger partial charge in [0.1, 0.15) is 6.33 Å². The van der Waals surface area contributed by atoms with Crippen molar-refractivity contribution in [2.24, 2.45) is 0 Å². The van der Waals surface area contributed by atoms with Crippen molar-refractivity contribution in [3.05, 3.63) is 42.0 Å². The summed E-state index contributed by atoms with van der Waals surface area (Å²) in [6.07, 6.45) is 1.05. The third kappa shape index (κ3) is 4.03. The molecule has 1 heterocycles. The van der Waals surface area contributed by atoms with Crippen molar-refractivity contribution in [2.45, 2.75) is 33.0 Å². The fourth-order valence-electron chi connectivity index (χ4n) is 1.89. The molecule has 112 valence electrons. The summed E-state index contributed by atoms with van der Waals surface area (Å²) in [7, 11) is 0. The molecule has 21 heavy (non-hydrogen) atoms. The molecule has 2 aromatic rings. The molecule has 7 nitrogen and oxygen atoms in total. The molecule has 0 saturated carbocycles. The van der Waals surface area contributed by atoms with E-state index >= 15 is 0 Å². The summed E-state index contributed by atoms with van der Waals surface area (Å²) in [5, 5.41) is 22.7. The summed E-state index contributed by atoms with van der Waals surface area (Å²) in [5.74, 6) is 0.699. The van der Waals surface area contributed by atoms with E-state index < -0.39 is 6.10 Å². The Balaban J connectivity index is 1.91. The van der Waals surface area contributed by atoms with Gasteiger partial charge in [-0.15, -0.1) is 10.2 Å². The van der Waals surface area contributed by atoms with Crippen LogP contribution < -0.4 is 10.6 Å². The first-order chi connectivity index (χ1) is 10.1. The van der Waals surface area contributed by atoms with Crippen LogP contribution in [0.1, 0.15) is 31.3 Å². The number of hydrogen-bond acceptors (Lipinski definition) is 4. The van der Waals surface area contributed by atoms with Crippen LogP contribution in [-0.4, -0.2) is 25.9 Å². The Hall–Kier alpha value is -2.41. The van der Waals surface area contributed by atoms with Crippen molar-refractivity contribution in [1.29, 1.82) is 0 Å². The predicted molar refractivity (Wildman–Crippen MR) is 78.6 cm³/mol. The van der Waals surface area contributed by atoms with Gasteiger partial charge >= 0.3 is 6.03 Å². The first-order valence-corrected chi connectivity index (χ1v) is 6.79. The maximum Gasteiger partial charge on any atom is 0.319 e. The standard InChI is InChI=1S/C14H19N5O2/c1-3-19-9-16-18-13(19)8-15-14(21)17-12-6-4-5-11(7-12)10(2)20/h4-7,9-10,20H,3,8H2,1-2H3,(H2,15,17,21).